The van der Waals surface area contributed by atoms with E-state index in [2.05, 4.69) is 26.8 Å². The molecule has 0 aliphatic heterocycles. The number of rotatable bonds is 18. The molecule has 0 aromatic heterocycles. The molecule has 0 rings (SSSR count). The third-order valence-corrected chi connectivity index (χ3v) is 4.98. The normalized spacial score (nSPS) is 12.0. The van der Waals surface area contributed by atoms with E-state index in [-0.39, 0.29) is 0 Å². The molecule has 0 spiro atoms. The van der Waals surface area contributed by atoms with E-state index in [1.165, 1.54) is 116 Å². The van der Waals surface area contributed by atoms with Gasteiger partial charge in [0.05, 0.1) is 0 Å². The van der Waals surface area contributed by atoms with Crippen LogP contribution in [0.25, 0.3) is 0 Å². The van der Waals surface area contributed by atoms with E-state index in [0.29, 0.717) is 0 Å². The Morgan fingerprint density at radius 3 is 1.39 bits per heavy atom. The van der Waals surface area contributed by atoms with Gasteiger partial charge in [-0.05, 0) is 32.6 Å². The lowest BCUT2D eigenvalue weighted by Crippen LogP contribution is -1.83. The minimum atomic E-state index is 1.32. The van der Waals surface area contributed by atoms with Crippen LogP contribution in [0.15, 0.2) is 11.6 Å². The molecule has 0 heteroatoms. The zero-order valence-corrected chi connectivity index (χ0v) is 16.8. The summed E-state index contributed by atoms with van der Waals surface area (Å²) in [6.45, 7) is 6.92. The Morgan fingerprint density at radius 2 is 0.913 bits per heavy atom. The zero-order valence-electron chi connectivity index (χ0n) is 16.8. The highest BCUT2D eigenvalue weighted by molar-refractivity contribution is 4.97. The second-order valence-electron chi connectivity index (χ2n) is 7.54. The summed E-state index contributed by atoms with van der Waals surface area (Å²) in [6, 6.07) is 0. The summed E-state index contributed by atoms with van der Waals surface area (Å²) >= 11 is 0. The first-order valence-electron chi connectivity index (χ1n) is 11.0. The van der Waals surface area contributed by atoms with E-state index in [1.807, 2.05) is 0 Å². The van der Waals surface area contributed by atoms with E-state index in [4.69, 9.17) is 0 Å². The van der Waals surface area contributed by atoms with E-state index >= 15 is 0 Å². The fraction of sp³-hybridized carbons (Fsp3) is 0.913. The first-order valence-corrected chi connectivity index (χ1v) is 11.0. The topological polar surface area (TPSA) is 0 Å². The van der Waals surface area contributed by atoms with Gasteiger partial charge in [0.2, 0.25) is 0 Å². The molecule has 0 saturated carbocycles. The monoisotopic (exact) mass is 322 g/mol. The van der Waals surface area contributed by atoms with Gasteiger partial charge in [0.15, 0.2) is 0 Å². The van der Waals surface area contributed by atoms with Gasteiger partial charge in [-0.15, -0.1) is 0 Å². The Kier molecular flexibility index (Phi) is 19.6. The molecule has 0 aliphatic rings. The van der Waals surface area contributed by atoms with E-state index in [1.54, 1.807) is 5.57 Å². The van der Waals surface area contributed by atoms with E-state index < -0.39 is 0 Å². The van der Waals surface area contributed by atoms with Crippen molar-refractivity contribution in [1.82, 2.24) is 0 Å². The molecule has 0 heterocycles. The van der Waals surface area contributed by atoms with Crippen LogP contribution in [0.2, 0.25) is 0 Å². The second-order valence-corrected chi connectivity index (χ2v) is 7.54. The van der Waals surface area contributed by atoms with Crippen molar-refractivity contribution in [2.24, 2.45) is 0 Å². The van der Waals surface area contributed by atoms with Crippen molar-refractivity contribution in [3.05, 3.63) is 11.6 Å². The molecular formula is C23H46. The molecule has 0 aromatic rings. The molecule has 0 nitrogen and oxygen atoms in total. The average molecular weight is 323 g/mol. The van der Waals surface area contributed by atoms with Crippen molar-refractivity contribution < 1.29 is 0 Å². The van der Waals surface area contributed by atoms with Crippen LogP contribution in [0, 0.1) is 0 Å². The lowest BCUT2D eigenvalue weighted by atomic mass is 10.0. The minimum absolute atomic E-state index is 1.32. The maximum Gasteiger partial charge on any atom is -0.0323 e. The molecule has 0 radical (unpaired) electrons. The van der Waals surface area contributed by atoms with Crippen LogP contribution in [0.3, 0.4) is 0 Å². The van der Waals surface area contributed by atoms with Crippen LogP contribution >= 0.6 is 0 Å². The van der Waals surface area contributed by atoms with Crippen LogP contribution in [-0.4, -0.2) is 0 Å². The molecule has 0 amide bonds. The Morgan fingerprint density at radius 1 is 0.522 bits per heavy atom. The van der Waals surface area contributed by atoms with Gasteiger partial charge in [-0.1, -0.05) is 115 Å². The predicted octanol–water partition coefficient (Wildman–Crippen LogP) is 8.99. The number of hydrogen-bond acceptors (Lipinski definition) is 0. The fourth-order valence-electron chi connectivity index (χ4n) is 3.27. The molecule has 138 valence electrons. The standard InChI is InChI=1S/C23H46/c1-4-6-8-10-11-12-13-14-15-16-18-20-22-23(3)21-19-17-9-7-5-2/h22H,4-21H2,1-3H3/b23-22-. The summed E-state index contributed by atoms with van der Waals surface area (Å²) < 4.78 is 0. The zero-order chi connectivity index (χ0) is 17.0. The molecule has 0 unspecified atom stereocenters. The van der Waals surface area contributed by atoms with Crippen LogP contribution in [0.1, 0.15) is 136 Å². The molecule has 0 saturated heterocycles. The highest BCUT2D eigenvalue weighted by Crippen LogP contribution is 2.14. The molecule has 0 atom stereocenters. The van der Waals surface area contributed by atoms with Crippen molar-refractivity contribution in [2.75, 3.05) is 0 Å². The first kappa shape index (κ1) is 22.7. The molecule has 0 bridgehead atoms. The lowest BCUT2D eigenvalue weighted by molar-refractivity contribution is 0.550. The molecular weight excluding hydrogens is 276 g/mol. The summed E-state index contributed by atoms with van der Waals surface area (Å²) in [5.74, 6) is 0. The molecule has 0 aliphatic carbocycles. The largest absolute Gasteiger partial charge is 0.0856 e. The van der Waals surface area contributed by atoms with Crippen molar-refractivity contribution in [1.29, 1.82) is 0 Å². The van der Waals surface area contributed by atoms with Crippen LogP contribution in [0.5, 0.6) is 0 Å². The Hall–Kier alpha value is -0.260. The fourth-order valence-corrected chi connectivity index (χ4v) is 3.27. The minimum Gasteiger partial charge on any atom is -0.0856 e. The number of allylic oxidation sites excluding steroid dienone is 2. The molecule has 0 aromatic carbocycles. The lowest BCUT2D eigenvalue weighted by Gasteiger charge is -2.03. The van der Waals surface area contributed by atoms with Gasteiger partial charge < -0.3 is 0 Å². The average Bonchev–Trinajstić information content (AvgIpc) is 2.55. The predicted molar refractivity (Wildman–Crippen MR) is 108 cm³/mol. The second kappa shape index (κ2) is 19.8. The SMILES string of the molecule is CCCCCCCCCCCCC/C=C(/C)CCCCCCC. The maximum atomic E-state index is 2.51. The smallest absolute Gasteiger partial charge is 0.0323 e. The van der Waals surface area contributed by atoms with Crippen LogP contribution < -0.4 is 0 Å². The molecule has 0 fully saturated rings. The summed E-state index contributed by atoms with van der Waals surface area (Å²) in [4.78, 5) is 0. The summed E-state index contributed by atoms with van der Waals surface area (Å²) in [5, 5.41) is 0. The summed E-state index contributed by atoms with van der Waals surface area (Å²) in [6.07, 6.45) is 28.1. The van der Waals surface area contributed by atoms with Crippen LogP contribution in [-0.2, 0) is 0 Å². The van der Waals surface area contributed by atoms with Gasteiger partial charge in [-0.3, -0.25) is 0 Å². The summed E-state index contributed by atoms with van der Waals surface area (Å²) in [7, 11) is 0. The van der Waals surface area contributed by atoms with Gasteiger partial charge >= 0.3 is 0 Å². The van der Waals surface area contributed by atoms with Crippen LogP contribution in [0.4, 0.5) is 0 Å². The third-order valence-electron chi connectivity index (χ3n) is 4.98. The Balaban J connectivity index is 3.20. The quantitative estimate of drug-likeness (QED) is 0.174. The highest BCUT2D eigenvalue weighted by Gasteiger charge is 1.94. The summed E-state index contributed by atoms with van der Waals surface area (Å²) in [5.41, 5.74) is 1.63. The van der Waals surface area contributed by atoms with E-state index in [9.17, 15) is 0 Å². The number of hydrogen-bond donors (Lipinski definition) is 0. The molecule has 0 N–H and O–H groups in total. The Bertz CT molecular complexity index is 238. The number of unbranched alkanes of at least 4 members (excludes halogenated alkanes) is 15. The highest BCUT2D eigenvalue weighted by atomic mass is 14.0. The Labute approximate surface area is 148 Å². The van der Waals surface area contributed by atoms with Gasteiger partial charge in [0.25, 0.3) is 0 Å². The maximum absolute atomic E-state index is 2.51. The van der Waals surface area contributed by atoms with Crippen molar-refractivity contribution in [3.8, 4) is 0 Å². The van der Waals surface area contributed by atoms with Crippen molar-refractivity contribution in [3.63, 3.8) is 0 Å². The third kappa shape index (κ3) is 19.7. The van der Waals surface area contributed by atoms with Gasteiger partial charge in [0, 0.05) is 0 Å². The first-order chi connectivity index (χ1) is 11.3. The van der Waals surface area contributed by atoms with Gasteiger partial charge in [-0.25, -0.2) is 0 Å². The van der Waals surface area contributed by atoms with Gasteiger partial charge in [-0.2, -0.15) is 0 Å². The van der Waals surface area contributed by atoms with Crippen molar-refractivity contribution in [2.45, 2.75) is 136 Å². The molecule has 23 heavy (non-hydrogen) atoms. The van der Waals surface area contributed by atoms with Gasteiger partial charge in [0.1, 0.15) is 0 Å². The van der Waals surface area contributed by atoms with E-state index in [0.717, 1.165) is 0 Å². The van der Waals surface area contributed by atoms with Crippen molar-refractivity contribution >= 4 is 0 Å².